The van der Waals surface area contributed by atoms with Crippen LogP contribution in [0.2, 0.25) is 0 Å². The predicted molar refractivity (Wildman–Crippen MR) is 133 cm³/mol. The molecule has 0 radical (unpaired) electrons. The number of alkyl halides is 3. The molecule has 40 heavy (non-hydrogen) atoms. The summed E-state index contributed by atoms with van der Waals surface area (Å²) < 4.78 is 138. The number of thiol groups is 1. The number of benzene rings is 4. The Morgan fingerprint density at radius 2 is 1.15 bits per heavy atom. The molecule has 0 bridgehead atoms. The second-order valence-electron chi connectivity index (χ2n) is 8.75. The predicted octanol–water partition coefficient (Wildman–Crippen LogP) is 9.64. The maximum absolute atomic E-state index is 14.9. The average molecular weight is 586 g/mol. The summed E-state index contributed by atoms with van der Waals surface area (Å²) in [5.74, 6) is -8.10. The number of hydrogen-bond donors (Lipinski definition) is 1. The molecule has 0 amide bonds. The third-order valence-corrected chi connectivity index (χ3v) is 6.24. The van der Waals surface area contributed by atoms with Crippen molar-refractivity contribution in [3.63, 3.8) is 0 Å². The first kappa shape index (κ1) is 29.3. The minimum atomic E-state index is -4.84. The Balaban J connectivity index is 1.60. The molecule has 0 aromatic heterocycles. The number of aryl methyl sites for hydroxylation is 1. The lowest BCUT2D eigenvalue weighted by Crippen LogP contribution is -2.02. The Bertz CT molecular complexity index is 1550. The van der Waals surface area contributed by atoms with Gasteiger partial charge in [0.2, 0.25) is 0 Å². The van der Waals surface area contributed by atoms with Crippen LogP contribution in [0.4, 0.5) is 43.9 Å². The van der Waals surface area contributed by atoms with Crippen LogP contribution in [0.5, 0.6) is 0 Å². The molecule has 0 N–H and O–H groups in total. The van der Waals surface area contributed by atoms with Crippen LogP contribution in [0, 0.1) is 40.7 Å². The number of hydrogen-bond acceptors (Lipinski definition) is 1. The van der Waals surface area contributed by atoms with E-state index >= 15 is 0 Å². The van der Waals surface area contributed by atoms with E-state index in [1.165, 1.54) is 12.1 Å². The van der Waals surface area contributed by atoms with Gasteiger partial charge < -0.3 is 0 Å². The fourth-order valence-electron chi connectivity index (χ4n) is 4.12. The number of allylic oxidation sites excluding steroid dienone is 1. The molecular weight excluding hydrogens is 570 g/mol. The zero-order chi connectivity index (χ0) is 29.4. The highest BCUT2D eigenvalue weighted by atomic mass is 32.1. The Labute approximate surface area is 227 Å². The van der Waals surface area contributed by atoms with E-state index in [1.807, 2.05) is 0 Å². The summed E-state index contributed by atoms with van der Waals surface area (Å²) in [5.41, 5.74) is -2.89. The Morgan fingerprint density at radius 1 is 0.600 bits per heavy atom. The van der Waals surface area contributed by atoms with Gasteiger partial charge in [0.25, 0.3) is 0 Å². The molecule has 0 fully saturated rings. The van der Waals surface area contributed by atoms with Crippen LogP contribution in [0.3, 0.4) is 0 Å². The van der Waals surface area contributed by atoms with Crippen molar-refractivity contribution < 1.29 is 43.9 Å². The summed E-state index contributed by atoms with van der Waals surface area (Å²) in [5, 5.41) is 0. The van der Waals surface area contributed by atoms with Crippen molar-refractivity contribution in [2.45, 2.75) is 23.9 Å². The van der Waals surface area contributed by atoms with Gasteiger partial charge in [-0.05, 0) is 78.1 Å². The van der Waals surface area contributed by atoms with Crippen molar-refractivity contribution in [2.24, 2.45) is 0 Å². The van der Waals surface area contributed by atoms with Gasteiger partial charge in [0.05, 0.1) is 5.56 Å². The highest BCUT2D eigenvalue weighted by Crippen LogP contribution is 2.34. The van der Waals surface area contributed by atoms with Crippen molar-refractivity contribution in [3.8, 4) is 22.3 Å². The molecule has 4 rings (SSSR count). The van der Waals surface area contributed by atoms with Crippen LogP contribution < -0.4 is 0 Å². The Kier molecular flexibility index (Phi) is 8.34. The lowest BCUT2D eigenvalue weighted by Gasteiger charge is -2.12. The molecule has 0 nitrogen and oxygen atoms in total. The van der Waals surface area contributed by atoms with Crippen LogP contribution in [0.25, 0.3) is 28.3 Å². The van der Waals surface area contributed by atoms with Crippen molar-refractivity contribution in [3.05, 3.63) is 118 Å². The SMILES string of the molecule is Fc1cc(CCc2c(F)cc(S)cc2F)ccc1-c1cc(F)c(-c2cc(F)c(/C=C/C(F)(F)F)c(F)c2)c(F)c1. The summed E-state index contributed by atoms with van der Waals surface area (Å²) in [7, 11) is 0. The van der Waals surface area contributed by atoms with Crippen LogP contribution in [0.15, 0.2) is 65.6 Å². The van der Waals surface area contributed by atoms with Gasteiger partial charge >= 0.3 is 6.18 Å². The zero-order valence-electron chi connectivity index (χ0n) is 20.0. The lowest BCUT2D eigenvalue weighted by atomic mass is 9.96. The molecular formula is C29H16F10S. The molecule has 0 unspecified atom stereocenters. The molecule has 0 heterocycles. The highest BCUT2D eigenvalue weighted by molar-refractivity contribution is 7.80. The molecule has 0 aliphatic carbocycles. The molecule has 4 aromatic carbocycles. The maximum Gasteiger partial charge on any atom is 0.409 e. The van der Waals surface area contributed by atoms with Crippen molar-refractivity contribution >= 4 is 18.7 Å². The van der Waals surface area contributed by atoms with E-state index in [0.29, 0.717) is 17.7 Å². The summed E-state index contributed by atoms with van der Waals surface area (Å²) in [6.45, 7) is 0. The van der Waals surface area contributed by atoms with E-state index in [-0.39, 0.29) is 46.6 Å². The fourth-order valence-corrected chi connectivity index (χ4v) is 4.34. The first-order valence-electron chi connectivity index (χ1n) is 11.4. The molecule has 4 aromatic rings. The van der Waals surface area contributed by atoms with Gasteiger partial charge in [-0.1, -0.05) is 12.1 Å². The summed E-state index contributed by atoms with van der Waals surface area (Å²) in [4.78, 5) is 0.102. The van der Waals surface area contributed by atoms with E-state index < -0.39 is 63.6 Å². The lowest BCUT2D eigenvalue weighted by molar-refractivity contribution is -0.0790. The highest BCUT2D eigenvalue weighted by Gasteiger charge is 2.24. The molecule has 11 heteroatoms. The molecule has 0 aliphatic heterocycles. The third-order valence-electron chi connectivity index (χ3n) is 5.98. The molecule has 0 atom stereocenters. The zero-order valence-corrected chi connectivity index (χ0v) is 20.9. The van der Waals surface area contributed by atoms with E-state index in [1.54, 1.807) is 0 Å². The van der Waals surface area contributed by atoms with Gasteiger partial charge in [-0.2, -0.15) is 13.2 Å². The monoisotopic (exact) mass is 586 g/mol. The van der Waals surface area contributed by atoms with Gasteiger partial charge in [0.15, 0.2) is 0 Å². The van der Waals surface area contributed by atoms with Gasteiger partial charge in [-0.3, -0.25) is 0 Å². The first-order chi connectivity index (χ1) is 18.7. The molecule has 0 saturated heterocycles. The van der Waals surface area contributed by atoms with Crippen LogP contribution in [0.1, 0.15) is 16.7 Å². The van der Waals surface area contributed by atoms with E-state index in [9.17, 15) is 43.9 Å². The van der Waals surface area contributed by atoms with E-state index in [0.717, 1.165) is 30.3 Å². The summed E-state index contributed by atoms with van der Waals surface area (Å²) in [6.07, 6.45) is -5.13. The van der Waals surface area contributed by atoms with Crippen molar-refractivity contribution in [1.29, 1.82) is 0 Å². The van der Waals surface area contributed by atoms with E-state index in [2.05, 4.69) is 12.6 Å². The van der Waals surface area contributed by atoms with Gasteiger partial charge in [-0.25, -0.2) is 30.7 Å². The summed E-state index contributed by atoms with van der Waals surface area (Å²) >= 11 is 3.89. The van der Waals surface area contributed by atoms with Crippen molar-refractivity contribution in [1.82, 2.24) is 0 Å². The molecule has 0 spiro atoms. The van der Waals surface area contributed by atoms with Crippen LogP contribution >= 0.6 is 12.6 Å². The second-order valence-corrected chi connectivity index (χ2v) is 9.26. The van der Waals surface area contributed by atoms with Gasteiger partial charge in [0, 0.05) is 27.7 Å². The average Bonchev–Trinajstić information content (AvgIpc) is 2.81. The maximum atomic E-state index is 14.9. The Hall–Kier alpha value is -3.73. The standard InChI is InChI=1S/C29H16F10S/c30-21-7-14(2-4-19-24(33)12-17(40)13-25(19)34)1-3-18(21)15-8-26(35)28(27(36)9-15)16-10-22(31)20(23(32)11-16)5-6-29(37,38)39/h1,3,5-13,40H,2,4H2/b6-5+. The summed E-state index contributed by atoms with van der Waals surface area (Å²) in [6, 6.07) is 8.16. The topological polar surface area (TPSA) is 0 Å². The van der Waals surface area contributed by atoms with Crippen molar-refractivity contribution in [2.75, 3.05) is 0 Å². The minimum Gasteiger partial charge on any atom is -0.207 e. The van der Waals surface area contributed by atoms with E-state index in [4.69, 9.17) is 0 Å². The van der Waals surface area contributed by atoms with Crippen LogP contribution in [-0.2, 0) is 12.8 Å². The van der Waals surface area contributed by atoms with Gasteiger partial charge in [0.1, 0.15) is 40.7 Å². The minimum absolute atomic E-state index is 0.0455. The first-order valence-corrected chi connectivity index (χ1v) is 11.9. The largest absolute Gasteiger partial charge is 0.409 e. The molecule has 208 valence electrons. The van der Waals surface area contributed by atoms with Gasteiger partial charge in [-0.15, -0.1) is 12.6 Å². The number of rotatable bonds is 6. The quantitative estimate of drug-likeness (QED) is 0.169. The Morgan fingerprint density at radius 3 is 1.68 bits per heavy atom. The fraction of sp³-hybridized carbons (Fsp3) is 0.103. The molecule has 0 aliphatic rings. The smallest absolute Gasteiger partial charge is 0.207 e. The third kappa shape index (κ3) is 6.52. The normalized spacial score (nSPS) is 12.0. The van der Waals surface area contributed by atoms with Crippen LogP contribution in [-0.4, -0.2) is 6.18 Å². The second kappa shape index (κ2) is 11.4. The number of halogens is 10. The molecule has 0 saturated carbocycles.